The molecule has 0 aliphatic heterocycles. The van der Waals surface area contributed by atoms with Gasteiger partial charge in [-0.05, 0) is 55.0 Å². The quantitative estimate of drug-likeness (QED) is 0.490. The fourth-order valence-electron chi connectivity index (χ4n) is 2.15. The fourth-order valence-corrected chi connectivity index (χ4v) is 2.15. The number of methoxy groups -OCH3 is 1. The van der Waals surface area contributed by atoms with Gasteiger partial charge in [-0.3, -0.25) is 4.79 Å². The molecule has 2 aromatic carbocycles. The van der Waals surface area contributed by atoms with Crippen LogP contribution < -0.4 is 10.1 Å². The van der Waals surface area contributed by atoms with Crippen molar-refractivity contribution in [2.45, 2.75) is 6.92 Å². The summed E-state index contributed by atoms with van der Waals surface area (Å²) in [6.45, 7) is 2.44. The third-order valence-electron chi connectivity index (χ3n) is 3.43. The van der Waals surface area contributed by atoms with Crippen molar-refractivity contribution in [2.24, 2.45) is 0 Å². The van der Waals surface area contributed by atoms with Gasteiger partial charge in [0.25, 0.3) is 5.91 Å². The lowest BCUT2D eigenvalue weighted by Crippen LogP contribution is -2.13. The van der Waals surface area contributed by atoms with E-state index in [9.17, 15) is 14.9 Å². The van der Waals surface area contributed by atoms with Gasteiger partial charge in [-0.25, -0.2) is 4.79 Å². The average Bonchev–Trinajstić information content (AvgIpc) is 2.67. The lowest BCUT2D eigenvalue weighted by atomic mass is 10.1. The molecular weight excluding hydrogens is 332 g/mol. The normalized spacial score (nSPS) is 10.6. The van der Waals surface area contributed by atoms with E-state index in [4.69, 9.17) is 4.74 Å². The molecule has 1 amide bonds. The number of hydrogen-bond donors (Lipinski definition) is 1. The number of carbonyl (C=O) groups is 2. The zero-order valence-electron chi connectivity index (χ0n) is 14.5. The maximum Gasteiger partial charge on any atom is 0.337 e. The maximum absolute atomic E-state index is 12.3. The van der Waals surface area contributed by atoms with E-state index < -0.39 is 11.9 Å². The number of hydrogen-bond acceptors (Lipinski definition) is 5. The van der Waals surface area contributed by atoms with Crippen LogP contribution in [0.15, 0.2) is 54.1 Å². The summed E-state index contributed by atoms with van der Waals surface area (Å²) in [6.07, 6.45) is 1.45. The number of carbonyl (C=O) groups excluding carboxylic acids is 2. The molecule has 0 atom stereocenters. The standard InChI is InChI=1S/C20H18N2O4/c1-3-26-18-10-8-17(9-11-18)22-19(23)16(13-21)12-14-4-6-15(7-5-14)20(24)25-2/h4-12H,3H2,1-2H3,(H,22,23). The fraction of sp³-hybridized carbons (Fsp3) is 0.150. The Kier molecular flexibility index (Phi) is 6.52. The van der Waals surface area contributed by atoms with Crippen molar-refractivity contribution in [3.8, 4) is 11.8 Å². The first kappa shape index (κ1) is 18.7. The van der Waals surface area contributed by atoms with Crippen LogP contribution in [0.4, 0.5) is 5.69 Å². The van der Waals surface area contributed by atoms with E-state index in [0.717, 1.165) is 0 Å². The van der Waals surface area contributed by atoms with Crippen molar-refractivity contribution < 1.29 is 19.1 Å². The van der Waals surface area contributed by atoms with Crippen molar-refractivity contribution in [1.29, 1.82) is 5.26 Å². The van der Waals surface area contributed by atoms with Crippen molar-refractivity contribution in [3.63, 3.8) is 0 Å². The van der Waals surface area contributed by atoms with E-state index in [2.05, 4.69) is 10.1 Å². The molecular formula is C20H18N2O4. The van der Waals surface area contributed by atoms with Crippen LogP contribution >= 0.6 is 0 Å². The number of benzene rings is 2. The SMILES string of the molecule is CCOc1ccc(NC(=O)C(C#N)=Cc2ccc(C(=O)OC)cc2)cc1. The molecule has 0 fully saturated rings. The first-order valence-corrected chi connectivity index (χ1v) is 7.91. The van der Waals surface area contributed by atoms with E-state index in [1.807, 2.05) is 13.0 Å². The number of nitrogens with zero attached hydrogens (tertiary/aromatic N) is 1. The Labute approximate surface area is 151 Å². The van der Waals surface area contributed by atoms with Crippen LogP contribution in [0.3, 0.4) is 0 Å². The number of anilines is 1. The maximum atomic E-state index is 12.3. The van der Waals surface area contributed by atoms with Crippen molar-refractivity contribution in [3.05, 3.63) is 65.2 Å². The topological polar surface area (TPSA) is 88.4 Å². The molecule has 0 spiro atoms. The summed E-state index contributed by atoms with van der Waals surface area (Å²) in [4.78, 5) is 23.7. The van der Waals surface area contributed by atoms with E-state index in [1.54, 1.807) is 48.5 Å². The van der Waals surface area contributed by atoms with Gasteiger partial charge in [-0.1, -0.05) is 12.1 Å². The highest BCUT2D eigenvalue weighted by atomic mass is 16.5. The summed E-state index contributed by atoms with van der Waals surface area (Å²) in [7, 11) is 1.30. The third-order valence-corrected chi connectivity index (χ3v) is 3.43. The molecule has 0 saturated carbocycles. The predicted octanol–water partition coefficient (Wildman–Crippen LogP) is 3.42. The molecule has 6 nitrogen and oxygen atoms in total. The molecule has 0 unspecified atom stereocenters. The van der Waals surface area contributed by atoms with Crippen LogP contribution in [0.1, 0.15) is 22.8 Å². The monoisotopic (exact) mass is 350 g/mol. The molecule has 2 rings (SSSR count). The molecule has 0 saturated heterocycles. The molecule has 132 valence electrons. The van der Waals surface area contributed by atoms with Gasteiger partial charge in [0.2, 0.25) is 0 Å². The van der Waals surface area contributed by atoms with Gasteiger partial charge in [0, 0.05) is 5.69 Å². The van der Waals surface area contributed by atoms with Gasteiger partial charge >= 0.3 is 5.97 Å². The molecule has 0 aromatic heterocycles. The molecule has 26 heavy (non-hydrogen) atoms. The second-order valence-corrected chi connectivity index (χ2v) is 5.19. The second kappa shape index (κ2) is 9.04. The summed E-state index contributed by atoms with van der Waals surface area (Å²) >= 11 is 0. The molecule has 1 N–H and O–H groups in total. The number of nitrogens with one attached hydrogen (secondary N) is 1. The van der Waals surface area contributed by atoms with Gasteiger partial charge in [-0.15, -0.1) is 0 Å². The van der Waals surface area contributed by atoms with E-state index in [-0.39, 0.29) is 5.57 Å². The van der Waals surface area contributed by atoms with E-state index >= 15 is 0 Å². The zero-order chi connectivity index (χ0) is 18.9. The number of ether oxygens (including phenoxy) is 2. The Morgan fingerprint density at radius 3 is 2.31 bits per heavy atom. The average molecular weight is 350 g/mol. The Bertz CT molecular complexity index is 847. The lowest BCUT2D eigenvalue weighted by Gasteiger charge is -2.06. The Balaban J connectivity index is 2.11. The van der Waals surface area contributed by atoms with Crippen molar-refractivity contribution >= 4 is 23.6 Å². The third kappa shape index (κ3) is 4.95. The Morgan fingerprint density at radius 2 is 1.77 bits per heavy atom. The molecule has 0 aliphatic carbocycles. The summed E-state index contributed by atoms with van der Waals surface area (Å²) in [5, 5.41) is 11.9. The molecule has 2 aromatic rings. The molecule has 0 aliphatic rings. The van der Waals surface area contributed by atoms with Crippen LogP contribution in [0.25, 0.3) is 6.08 Å². The molecule has 0 bridgehead atoms. The van der Waals surface area contributed by atoms with Gasteiger partial charge < -0.3 is 14.8 Å². The first-order chi connectivity index (χ1) is 12.6. The summed E-state index contributed by atoms with van der Waals surface area (Å²) in [5.41, 5.74) is 1.52. The number of amides is 1. The van der Waals surface area contributed by atoms with E-state index in [0.29, 0.717) is 29.2 Å². The van der Waals surface area contributed by atoms with Crippen LogP contribution in [-0.2, 0) is 9.53 Å². The lowest BCUT2D eigenvalue weighted by molar-refractivity contribution is -0.112. The highest BCUT2D eigenvalue weighted by molar-refractivity contribution is 6.09. The van der Waals surface area contributed by atoms with Crippen LogP contribution in [0, 0.1) is 11.3 Å². The molecule has 6 heteroatoms. The predicted molar refractivity (Wildman–Crippen MR) is 97.6 cm³/mol. The Hall–Kier alpha value is -3.59. The highest BCUT2D eigenvalue weighted by Crippen LogP contribution is 2.17. The highest BCUT2D eigenvalue weighted by Gasteiger charge is 2.10. The minimum Gasteiger partial charge on any atom is -0.494 e. The van der Waals surface area contributed by atoms with Crippen LogP contribution in [-0.4, -0.2) is 25.6 Å². The summed E-state index contributed by atoms with van der Waals surface area (Å²) in [5.74, 6) is -0.268. The van der Waals surface area contributed by atoms with E-state index in [1.165, 1.54) is 13.2 Å². The molecule has 0 radical (unpaired) electrons. The minimum absolute atomic E-state index is 0.0512. The van der Waals surface area contributed by atoms with Crippen molar-refractivity contribution in [1.82, 2.24) is 0 Å². The largest absolute Gasteiger partial charge is 0.494 e. The van der Waals surface area contributed by atoms with Gasteiger partial charge in [0.15, 0.2) is 0 Å². The zero-order valence-corrected chi connectivity index (χ0v) is 14.5. The smallest absolute Gasteiger partial charge is 0.337 e. The van der Waals surface area contributed by atoms with Gasteiger partial charge in [-0.2, -0.15) is 5.26 Å². The van der Waals surface area contributed by atoms with Crippen LogP contribution in [0.5, 0.6) is 5.75 Å². The minimum atomic E-state index is -0.520. The first-order valence-electron chi connectivity index (χ1n) is 7.91. The van der Waals surface area contributed by atoms with Crippen LogP contribution in [0.2, 0.25) is 0 Å². The number of rotatable bonds is 6. The number of esters is 1. The summed E-state index contributed by atoms with van der Waals surface area (Å²) in [6, 6.07) is 15.1. The summed E-state index contributed by atoms with van der Waals surface area (Å²) < 4.78 is 9.97. The van der Waals surface area contributed by atoms with Gasteiger partial charge in [0.05, 0.1) is 19.3 Å². The number of nitriles is 1. The second-order valence-electron chi connectivity index (χ2n) is 5.19. The van der Waals surface area contributed by atoms with Crippen molar-refractivity contribution in [2.75, 3.05) is 19.0 Å². The van der Waals surface area contributed by atoms with Gasteiger partial charge in [0.1, 0.15) is 17.4 Å². The molecule has 0 heterocycles. The Morgan fingerprint density at radius 1 is 1.12 bits per heavy atom.